The highest BCUT2D eigenvalue weighted by molar-refractivity contribution is 7.89. The van der Waals surface area contributed by atoms with E-state index in [4.69, 9.17) is 23.2 Å². The maximum Gasteiger partial charge on any atom is 0.246 e. The fourth-order valence-electron chi connectivity index (χ4n) is 3.10. The second-order valence-electron chi connectivity index (χ2n) is 6.29. The Labute approximate surface area is 168 Å². The molecular formula is C18H19Cl2FN2O3S. The quantitative estimate of drug-likeness (QED) is 0.787. The van der Waals surface area contributed by atoms with Gasteiger partial charge in [-0.25, -0.2) is 12.8 Å². The third-order valence-electron chi connectivity index (χ3n) is 4.54. The Balaban J connectivity index is 1.66. The van der Waals surface area contributed by atoms with E-state index in [9.17, 15) is 17.9 Å². The fourth-order valence-corrected chi connectivity index (χ4v) is 5.61. The molecule has 3 rings (SSSR count). The van der Waals surface area contributed by atoms with Gasteiger partial charge in [-0.3, -0.25) is 4.90 Å². The summed E-state index contributed by atoms with van der Waals surface area (Å²) in [5.74, 6) is -0.459. The third-order valence-corrected chi connectivity index (χ3v) is 7.40. The Morgan fingerprint density at radius 1 is 1.00 bits per heavy atom. The molecule has 0 unspecified atom stereocenters. The molecule has 146 valence electrons. The summed E-state index contributed by atoms with van der Waals surface area (Å²) in [6.07, 6.45) is -0.979. The summed E-state index contributed by atoms with van der Waals surface area (Å²) in [6, 6.07) is 10.6. The van der Waals surface area contributed by atoms with Crippen molar-refractivity contribution < 1.29 is 17.9 Å². The minimum absolute atomic E-state index is 0.0832. The van der Waals surface area contributed by atoms with Gasteiger partial charge in [-0.2, -0.15) is 4.31 Å². The van der Waals surface area contributed by atoms with Gasteiger partial charge in [0.05, 0.1) is 16.1 Å². The van der Waals surface area contributed by atoms with Crippen molar-refractivity contribution in [2.24, 2.45) is 0 Å². The van der Waals surface area contributed by atoms with Crippen molar-refractivity contribution >= 4 is 33.2 Å². The lowest BCUT2D eigenvalue weighted by Gasteiger charge is -2.35. The van der Waals surface area contributed by atoms with Crippen LogP contribution in [0.3, 0.4) is 0 Å². The molecule has 1 aliphatic heterocycles. The molecule has 1 fully saturated rings. The molecule has 0 aromatic heterocycles. The molecule has 1 saturated heterocycles. The summed E-state index contributed by atoms with van der Waals surface area (Å²) in [6.45, 7) is 1.50. The highest BCUT2D eigenvalue weighted by atomic mass is 35.5. The highest BCUT2D eigenvalue weighted by Crippen LogP contribution is 2.32. The normalized spacial score (nSPS) is 17.8. The largest absolute Gasteiger partial charge is 0.387 e. The van der Waals surface area contributed by atoms with Crippen LogP contribution in [0, 0.1) is 5.82 Å². The lowest BCUT2D eigenvalue weighted by molar-refractivity contribution is 0.0898. The van der Waals surface area contributed by atoms with Crippen LogP contribution in [-0.2, 0) is 10.0 Å². The SMILES string of the molecule is O=S(=O)(c1c(Cl)cccc1Cl)N1CCN(C[C@H](O)c2ccccc2F)CC1. The number of rotatable bonds is 5. The molecule has 0 radical (unpaired) electrons. The first kappa shape index (κ1) is 20.5. The number of piperazine rings is 1. The molecule has 0 aliphatic carbocycles. The number of β-amino-alcohol motifs (C(OH)–C–C–N with tert-alkyl or cyclic N) is 1. The molecule has 1 atom stereocenters. The Hall–Kier alpha value is -1.22. The maximum absolute atomic E-state index is 13.8. The molecule has 1 N–H and O–H groups in total. The number of benzene rings is 2. The summed E-state index contributed by atoms with van der Waals surface area (Å²) in [5, 5.41) is 10.4. The first-order valence-corrected chi connectivity index (χ1v) is 10.6. The van der Waals surface area contributed by atoms with Gasteiger partial charge in [0, 0.05) is 38.3 Å². The lowest BCUT2D eigenvalue weighted by atomic mass is 10.1. The van der Waals surface area contributed by atoms with Crippen LogP contribution in [0.2, 0.25) is 10.0 Å². The summed E-state index contributed by atoms with van der Waals surface area (Å²) in [4.78, 5) is 1.81. The van der Waals surface area contributed by atoms with E-state index in [0.717, 1.165) is 0 Å². The summed E-state index contributed by atoms with van der Waals surface area (Å²) in [7, 11) is -3.81. The number of sulfonamides is 1. The van der Waals surface area contributed by atoms with Gasteiger partial charge in [0.25, 0.3) is 0 Å². The number of aliphatic hydroxyl groups excluding tert-OH is 1. The maximum atomic E-state index is 13.8. The summed E-state index contributed by atoms with van der Waals surface area (Å²) in [5.41, 5.74) is 0.232. The second-order valence-corrected chi connectivity index (χ2v) is 8.98. The van der Waals surface area contributed by atoms with Gasteiger partial charge in [0.2, 0.25) is 10.0 Å². The number of hydrogen-bond acceptors (Lipinski definition) is 4. The zero-order valence-corrected chi connectivity index (χ0v) is 16.7. The zero-order chi connectivity index (χ0) is 19.6. The Bertz CT molecular complexity index is 898. The van der Waals surface area contributed by atoms with Crippen molar-refractivity contribution in [3.05, 3.63) is 63.9 Å². The van der Waals surface area contributed by atoms with Crippen molar-refractivity contribution in [3.63, 3.8) is 0 Å². The van der Waals surface area contributed by atoms with E-state index in [0.29, 0.717) is 13.1 Å². The Morgan fingerprint density at radius 2 is 1.59 bits per heavy atom. The Kier molecular flexibility index (Phi) is 6.40. The Morgan fingerprint density at radius 3 is 2.19 bits per heavy atom. The van der Waals surface area contributed by atoms with Crippen molar-refractivity contribution in [3.8, 4) is 0 Å². The van der Waals surface area contributed by atoms with Crippen LogP contribution in [0.1, 0.15) is 11.7 Å². The molecule has 2 aromatic rings. The van der Waals surface area contributed by atoms with Gasteiger partial charge in [-0.1, -0.05) is 47.5 Å². The molecule has 0 spiro atoms. The molecule has 2 aromatic carbocycles. The van der Waals surface area contributed by atoms with Crippen LogP contribution in [0.4, 0.5) is 4.39 Å². The zero-order valence-electron chi connectivity index (χ0n) is 14.4. The van der Waals surface area contributed by atoms with Gasteiger partial charge >= 0.3 is 0 Å². The molecule has 5 nitrogen and oxygen atoms in total. The van der Waals surface area contributed by atoms with E-state index in [1.807, 2.05) is 4.90 Å². The average Bonchev–Trinajstić information content (AvgIpc) is 2.62. The summed E-state index contributed by atoms with van der Waals surface area (Å²) >= 11 is 12.1. The average molecular weight is 433 g/mol. The van der Waals surface area contributed by atoms with Gasteiger partial charge in [-0.05, 0) is 18.2 Å². The number of aliphatic hydroxyl groups is 1. The predicted molar refractivity (Wildman–Crippen MR) is 103 cm³/mol. The molecule has 27 heavy (non-hydrogen) atoms. The van der Waals surface area contributed by atoms with E-state index < -0.39 is 21.9 Å². The molecule has 0 amide bonds. The third kappa shape index (κ3) is 4.45. The van der Waals surface area contributed by atoms with E-state index in [1.165, 1.54) is 22.5 Å². The molecule has 0 saturated carbocycles. The predicted octanol–water partition coefficient (Wildman–Crippen LogP) is 3.17. The van der Waals surface area contributed by atoms with E-state index in [2.05, 4.69) is 0 Å². The molecular weight excluding hydrogens is 414 g/mol. The standard InChI is InChI=1S/C18H19Cl2FN2O3S/c19-14-5-3-6-15(20)18(14)27(25,26)23-10-8-22(9-11-23)12-17(24)13-4-1-2-7-16(13)21/h1-7,17,24H,8-12H2/t17-/m0/s1. The molecule has 0 bridgehead atoms. The van der Waals surface area contributed by atoms with Crippen molar-refractivity contribution in [2.75, 3.05) is 32.7 Å². The van der Waals surface area contributed by atoms with Crippen LogP contribution >= 0.6 is 23.2 Å². The van der Waals surface area contributed by atoms with Gasteiger partial charge < -0.3 is 5.11 Å². The molecule has 9 heteroatoms. The van der Waals surface area contributed by atoms with Crippen LogP contribution in [0.5, 0.6) is 0 Å². The molecule has 1 aliphatic rings. The number of nitrogens with zero attached hydrogens (tertiary/aromatic N) is 2. The van der Waals surface area contributed by atoms with Gasteiger partial charge in [-0.15, -0.1) is 0 Å². The van der Waals surface area contributed by atoms with Crippen molar-refractivity contribution in [1.29, 1.82) is 0 Å². The number of hydrogen-bond donors (Lipinski definition) is 1. The van der Waals surface area contributed by atoms with Gasteiger partial charge in [0.1, 0.15) is 10.7 Å². The highest BCUT2D eigenvalue weighted by Gasteiger charge is 2.32. The van der Waals surface area contributed by atoms with Crippen molar-refractivity contribution in [2.45, 2.75) is 11.0 Å². The number of halogens is 3. The van der Waals surface area contributed by atoms with E-state index in [-0.39, 0.29) is 40.1 Å². The van der Waals surface area contributed by atoms with Gasteiger partial charge in [0.15, 0.2) is 0 Å². The van der Waals surface area contributed by atoms with Crippen LogP contribution < -0.4 is 0 Å². The van der Waals surface area contributed by atoms with Crippen LogP contribution in [-0.4, -0.2) is 55.5 Å². The first-order valence-electron chi connectivity index (χ1n) is 8.39. The fraction of sp³-hybridized carbons (Fsp3) is 0.333. The second kappa shape index (κ2) is 8.43. The van der Waals surface area contributed by atoms with Crippen molar-refractivity contribution in [1.82, 2.24) is 9.21 Å². The lowest BCUT2D eigenvalue weighted by Crippen LogP contribution is -2.49. The van der Waals surface area contributed by atoms with Crippen LogP contribution in [0.15, 0.2) is 47.4 Å². The monoisotopic (exact) mass is 432 g/mol. The van der Waals surface area contributed by atoms with E-state index in [1.54, 1.807) is 24.3 Å². The van der Waals surface area contributed by atoms with Crippen LogP contribution in [0.25, 0.3) is 0 Å². The minimum atomic E-state index is -3.81. The summed E-state index contributed by atoms with van der Waals surface area (Å²) < 4.78 is 40.8. The topological polar surface area (TPSA) is 60.9 Å². The molecule has 1 heterocycles. The first-order chi connectivity index (χ1) is 12.8. The van der Waals surface area contributed by atoms with E-state index >= 15 is 0 Å². The minimum Gasteiger partial charge on any atom is -0.387 e. The smallest absolute Gasteiger partial charge is 0.246 e.